The van der Waals surface area contributed by atoms with Gasteiger partial charge in [0.2, 0.25) is 0 Å². The van der Waals surface area contributed by atoms with E-state index in [0.29, 0.717) is 18.5 Å². The first-order chi connectivity index (χ1) is 12.2. The van der Waals surface area contributed by atoms with Gasteiger partial charge in [-0.05, 0) is 57.3 Å². The summed E-state index contributed by atoms with van der Waals surface area (Å²) in [5, 5.41) is 2.99. The highest BCUT2D eigenvalue weighted by Gasteiger charge is 2.26. The SMILES string of the molecule is CCC(CCN=O)CCN(C)C1CCN(S(=O)c2ccccc2)CC1. The molecular formula is C19H31N3O2S. The minimum absolute atomic E-state index is 0.436. The predicted octanol–water partition coefficient (Wildman–Crippen LogP) is 3.68. The minimum Gasteiger partial charge on any atom is -0.303 e. The molecule has 1 aliphatic heterocycles. The van der Waals surface area contributed by atoms with Gasteiger partial charge in [0.25, 0.3) is 0 Å². The second-order valence-electron chi connectivity index (χ2n) is 6.91. The van der Waals surface area contributed by atoms with Crippen molar-refractivity contribution < 1.29 is 4.21 Å². The molecule has 1 fully saturated rings. The van der Waals surface area contributed by atoms with Crippen molar-refractivity contribution in [2.75, 3.05) is 33.2 Å². The first-order valence-electron chi connectivity index (χ1n) is 9.37. The van der Waals surface area contributed by atoms with E-state index in [1.807, 2.05) is 30.3 Å². The lowest BCUT2D eigenvalue weighted by Crippen LogP contribution is -2.44. The van der Waals surface area contributed by atoms with Crippen LogP contribution in [0, 0.1) is 10.8 Å². The molecule has 2 unspecified atom stereocenters. The molecule has 5 nitrogen and oxygen atoms in total. The fourth-order valence-corrected chi connectivity index (χ4v) is 4.72. The third-order valence-electron chi connectivity index (χ3n) is 5.32. The molecule has 0 saturated carbocycles. The van der Waals surface area contributed by atoms with Crippen molar-refractivity contribution >= 4 is 11.0 Å². The Morgan fingerprint density at radius 1 is 1.24 bits per heavy atom. The first-order valence-corrected chi connectivity index (χ1v) is 10.5. The second kappa shape index (κ2) is 10.8. The molecule has 140 valence electrons. The lowest BCUT2D eigenvalue weighted by molar-refractivity contribution is 0.161. The van der Waals surface area contributed by atoms with E-state index >= 15 is 0 Å². The van der Waals surface area contributed by atoms with Gasteiger partial charge in [-0.2, -0.15) is 4.91 Å². The van der Waals surface area contributed by atoms with Crippen molar-refractivity contribution in [1.29, 1.82) is 0 Å². The highest BCUT2D eigenvalue weighted by molar-refractivity contribution is 7.82. The fourth-order valence-electron chi connectivity index (χ4n) is 3.49. The van der Waals surface area contributed by atoms with Gasteiger partial charge in [0, 0.05) is 19.1 Å². The minimum atomic E-state index is -1.04. The molecule has 1 heterocycles. The van der Waals surface area contributed by atoms with Crippen LogP contribution < -0.4 is 0 Å². The molecule has 2 rings (SSSR count). The molecule has 0 spiro atoms. The van der Waals surface area contributed by atoms with Crippen molar-refractivity contribution in [2.45, 2.75) is 50.0 Å². The van der Waals surface area contributed by atoms with E-state index in [4.69, 9.17) is 0 Å². The molecule has 0 N–H and O–H groups in total. The maximum absolute atomic E-state index is 12.6. The zero-order valence-corrected chi connectivity index (χ0v) is 16.3. The van der Waals surface area contributed by atoms with Crippen LogP contribution >= 0.6 is 0 Å². The van der Waals surface area contributed by atoms with Gasteiger partial charge < -0.3 is 4.90 Å². The fraction of sp³-hybridized carbons (Fsp3) is 0.684. The summed E-state index contributed by atoms with van der Waals surface area (Å²) >= 11 is 0. The third-order valence-corrected chi connectivity index (χ3v) is 6.83. The maximum Gasteiger partial charge on any atom is 0.127 e. The van der Waals surface area contributed by atoms with E-state index in [0.717, 1.165) is 56.6 Å². The molecule has 0 amide bonds. The highest BCUT2D eigenvalue weighted by atomic mass is 32.2. The summed E-state index contributed by atoms with van der Waals surface area (Å²) in [6, 6.07) is 10.3. The second-order valence-corrected chi connectivity index (χ2v) is 8.39. The smallest absolute Gasteiger partial charge is 0.127 e. The quantitative estimate of drug-likeness (QED) is 0.594. The van der Waals surface area contributed by atoms with Gasteiger partial charge in [-0.15, -0.1) is 0 Å². The molecule has 1 aliphatic rings. The Kier molecular flexibility index (Phi) is 8.72. The van der Waals surface area contributed by atoms with Crippen LogP contribution in [0.25, 0.3) is 0 Å². The highest BCUT2D eigenvalue weighted by Crippen LogP contribution is 2.21. The van der Waals surface area contributed by atoms with Gasteiger partial charge in [-0.3, -0.25) is 0 Å². The molecule has 25 heavy (non-hydrogen) atoms. The van der Waals surface area contributed by atoms with Crippen molar-refractivity contribution in [3.05, 3.63) is 35.2 Å². The van der Waals surface area contributed by atoms with E-state index in [1.54, 1.807) is 0 Å². The van der Waals surface area contributed by atoms with Crippen molar-refractivity contribution in [3.63, 3.8) is 0 Å². The van der Waals surface area contributed by atoms with E-state index in [2.05, 4.69) is 28.4 Å². The predicted molar refractivity (Wildman–Crippen MR) is 104 cm³/mol. The standard InChI is InChI=1S/C19H31N3O2S/c1-3-17(9-13-20-23)10-14-21(2)18-11-15-22(16-12-18)25(24)19-7-5-4-6-8-19/h4-8,17-18H,3,9-16H2,1-2H3. The van der Waals surface area contributed by atoms with E-state index in [-0.39, 0.29) is 0 Å². The van der Waals surface area contributed by atoms with Gasteiger partial charge in [0.15, 0.2) is 0 Å². The van der Waals surface area contributed by atoms with E-state index in [1.165, 1.54) is 0 Å². The van der Waals surface area contributed by atoms with Gasteiger partial charge in [0.05, 0.1) is 11.4 Å². The van der Waals surface area contributed by atoms with Gasteiger partial charge in [-0.1, -0.05) is 36.7 Å². The largest absolute Gasteiger partial charge is 0.303 e. The summed E-state index contributed by atoms with van der Waals surface area (Å²) in [7, 11) is 1.15. The number of nitrogens with zero attached hydrogens (tertiary/aromatic N) is 3. The zero-order chi connectivity index (χ0) is 18.1. The Labute approximate surface area is 154 Å². The van der Waals surface area contributed by atoms with Crippen molar-refractivity contribution in [2.24, 2.45) is 11.1 Å². The molecule has 0 radical (unpaired) electrons. The molecular weight excluding hydrogens is 334 g/mol. The number of benzene rings is 1. The molecule has 2 atom stereocenters. The van der Waals surface area contributed by atoms with Gasteiger partial charge in [0.1, 0.15) is 11.0 Å². The Morgan fingerprint density at radius 3 is 2.52 bits per heavy atom. The summed E-state index contributed by atoms with van der Waals surface area (Å²) in [5.74, 6) is 0.589. The zero-order valence-electron chi connectivity index (χ0n) is 15.5. The van der Waals surface area contributed by atoms with Crippen LogP contribution in [0.15, 0.2) is 40.4 Å². The molecule has 0 aliphatic carbocycles. The summed E-state index contributed by atoms with van der Waals surface area (Å²) in [5.41, 5.74) is 0. The summed E-state index contributed by atoms with van der Waals surface area (Å²) < 4.78 is 14.7. The lowest BCUT2D eigenvalue weighted by atomic mass is 9.97. The monoisotopic (exact) mass is 365 g/mol. The average molecular weight is 366 g/mol. The van der Waals surface area contributed by atoms with E-state index < -0.39 is 11.0 Å². The van der Waals surface area contributed by atoms with E-state index in [9.17, 15) is 9.12 Å². The summed E-state index contributed by atoms with van der Waals surface area (Å²) in [4.78, 5) is 13.6. The van der Waals surface area contributed by atoms with Crippen LogP contribution in [-0.4, -0.2) is 52.7 Å². The molecule has 1 aromatic carbocycles. The van der Waals surface area contributed by atoms with Gasteiger partial charge >= 0.3 is 0 Å². The summed E-state index contributed by atoms with van der Waals surface area (Å²) in [6.07, 6.45) is 5.25. The number of rotatable bonds is 10. The lowest BCUT2D eigenvalue weighted by Gasteiger charge is -2.36. The van der Waals surface area contributed by atoms with Crippen LogP contribution in [0.2, 0.25) is 0 Å². The van der Waals surface area contributed by atoms with Crippen LogP contribution in [0.4, 0.5) is 0 Å². The molecule has 0 bridgehead atoms. The van der Waals surface area contributed by atoms with Crippen molar-refractivity contribution in [3.8, 4) is 0 Å². The Hall–Kier alpha value is -1.11. The maximum atomic E-state index is 12.6. The van der Waals surface area contributed by atoms with Crippen LogP contribution in [0.5, 0.6) is 0 Å². The Morgan fingerprint density at radius 2 is 1.92 bits per heavy atom. The third kappa shape index (κ3) is 6.28. The Bertz CT molecular complexity index is 533. The topological polar surface area (TPSA) is 53.0 Å². The molecule has 0 aromatic heterocycles. The number of piperidine rings is 1. The molecule has 1 aromatic rings. The number of hydrogen-bond acceptors (Lipinski definition) is 4. The number of nitroso groups, excluding NO2 is 1. The normalized spacial score (nSPS) is 19.0. The van der Waals surface area contributed by atoms with Crippen LogP contribution in [0.1, 0.15) is 39.0 Å². The first kappa shape index (κ1) is 20.2. The number of hydrogen-bond donors (Lipinski definition) is 0. The Balaban J connectivity index is 1.75. The van der Waals surface area contributed by atoms with Crippen molar-refractivity contribution in [1.82, 2.24) is 9.21 Å². The van der Waals surface area contributed by atoms with Gasteiger partial charge in [-0.25, -0.2) is 8.51 Å². The van der Waals surface area contributed by atoms with Crippen LogP contribution in [0.3, 0.4) is 0 Å². The average Bonchev–Trinajstić information content (AvgIpc) is 2.68. The molecule has 6 heteroatoms. The molecule has 1 saturated heterocycles. The van der Waals surface area contributed by atoms with Crippen LogP contribution in [-0.2, 0) is 11.0 Å². The summed E-state index contributed by atoms with van der Waals surface area (Å²) in [6.45, 7) is 5.44.